The summed E-state index contributed by atoms with van der Waals surface area (Å²) in [4.78, 5) is 23.0. The minimum atomic E-state index is -0.935. The fourth-order valence-electron chi connectivity index (χ4n) is 3.07. The summed E-state index contributed by atoms with van der Waals surface area (Å²) in [6, 6.07) is 3.80. The van der Waals surface area contributed by atoms with E-state index in [0.717, 1.165) is 0 Å². The average molecular weight is 304 g/mol. The monoisotopic (exact) mass is 304 g/mol. The number of carbonyl (C=O) groups excluding carboxylic acids is 2. The maximum Gasteiger partial charge on any atom is 0.244 e. The Balaban J connectivity index is 0.000000335. The van der Waals surface area contributed by atoms with Gasteiger partial charge in [-0.3, -0.25) is 14.9 Å². The Labute approximate surface area is 131 Å². The second-order valence-corrected chi connectivity index (χ2v) is 6.04. The molecule has 2 saturated heterocycles. The Hall–Kier alpha value is -1.92. The summed E-state index contributed by atoms with van der Waals surface area (Å²) in [6.07, 6.45) is 5.43. The van der Waals surface area contributed by atoms with Gasteiger partial charge in [-0.05, 0) is 32.4 Å². The van der Waals surface area contributed by atoms with E-state index in [1.165, 1.54) is 32.4 Å². The van der Waals surface area contributed by atoms with Crippen molar-refractivity contribution < 1.29 is 9.59 Å². The lowest BCUT2D eigenvalue weighted by molar-refractivity contribution is -0.144. The molecule has 0 radical (unpaired) electrons. The van der Waals surface area contributed by atoms with Crippen molar-refractivity contribution in [2.24, 2.45) is 17.3 Å². The first-order valence-corrected chi connectivity index (χ1v) is 7.86. The highest BCUT2D eigenvalue weighted by atomic mass is 16.2. The summed E-state index contributed by atoms with van der Waals surface area (Å²) >= 11 is 0. The van der Waals surface area contributed by atoms with E-state index in [1.807, 2.05) is 19.1 Å². The Morgan fingerprint density at radius 1 is 1.09 bits per heavy atom. The van der Waals surface area contributed by atoms with Crippen LogP contribution in [0.5, 0.6) is 0 Å². The van der Waals surface area contributed by atoms with Crippen molar-refractivity contribution in [1.82, 2.24) is 10.6 Å². The highest BCUT2D eigenvalue weighted by Crippen LogP contribution is 2.42. The molecular weight excluding hydrogens is 280 g/mol. The zero-order chi connectivity index (χ0) is 16.6. The highest BCUT2D eigenvalue weighted by Gasteiger charge is 2.52. The fraction of sp³-hybridized carbons (Fsp3) is 0.750. The van der Waals surface area contributed by atoms with Gasteiger partial charge < -0.3 is 5.32 Å². The van der Waals surface area contributed by atoms with Crippen molar-refractivity contribution in [3.63, 3.8) is 0 Å². The molecule has 0 aromatic heterocycles. The largest absolute Gasteiger partial charge is 0.317 e. The molecule has 2 amide bonds. The summed E-state index contributed by atoms with van der Waals surface area (Å²) in [5.74, 6) is -3.05. The third-order valence-electron chi connectivity index (χ3n) is 4.34. The van der Waals surface area contributed by atoms with Gasteiger partial charge >= 0.3 is 0 Å². The maximum absolute atomic E-state index is 11.5. The minimum Gasteiger partial charge on any atom is -0.317 e. The summed E-state index contributed by atoms with van der Waals surface area (Å²) in [5.41, 5.74) is -0.877. The fourth-order valence-corrected chi connectivity index (χ4v) is 3.07. The van der Waals surface area contributed by atoms with Crippen LogP contribution in [0.3, 0.4) is 0 Å². The summed E-state index contributed by atoms with van der Waals surface area (Å²) in [7, 11) is 0. The van der Waals surface area contributed by atoms with Crippen LogP contribution in [-0.4, -0.2) is 24.9 Å². The zero-order valence-electron chi connectivity index (χ0n) is 13.3. The number of rotatable bonds is 2. The molecular formula is C16H24N4O2. The average Bonchev–Trinajstić information content (AvgIpc) is 2.50. The molecule has 6 nitrogen and oxygen atoms in total. The summed E-state index contributed by atoms with van der Waals surface area (Å²) in [5, 5.41) is 23.3. The highest BCUT2D eigenvalue weighted by molar-refractivity contribution is 6.03. The SMILES string of the molecule is C1CCNCC1.CCCC1(C)C(C#N)C(=O)NC(=O)C1C#N. The van der Waals surface area contributed by atoms with Crippen molar-refractivity contribution in [1.29, 1.82) is 10.5 Å². The van der Waals surface area contributed by atoms with Gasteiger partial charge in [0.15, 0.2) is 0 Å². The van der Waals surface area contributed by atoms with E-state index in [2.05, 4.69) is 10.6 Å². The van der Waals surface area contributed by atoms with Gasteiger partial charge in [-0.25, -0.2) is 0 Å². The van der Waals surface area contributed by atoms with Gasteiger partial charge in [0.2, 0.25) is 11.8 Å². The molecule has 0 bridgehead atoms. The number of imide groups is 1. The number of nitrogens with zero attached hydrogens (tertiary/aromatic N) is 2. The van der Waals surface area contributed by atoms with E-state index in [1.54, 1.807) is 6.92 Å². The van der Waals surface area contributed by atoms with Crippen LogP contribution < -0.4 is 10.6 Å². The molecule has 0 spiro atoms. The standard InChI is InChI=1S/C11H13N3O2.C5H11N/c1-3-4-11(2)7(5-12)9(15)14-10(16)8(11)6-13;1-2-4-6-5-3-1/h7-8H,3-4H2,1-2H3,(H,14,15,16);6H,1-5H2. The van der Waals surface area contributed by atoms with E-state index < -0.39 is 29.1 Å². The topological polar surface area (TPSA) is 106 Å². The first-order valence-electron chi connectivity index (χ1n) is 7.86. The molecule has 0 aromatic rings. The van der Waals surface area contributed by atoms with Gasteiger partial charge in [-0.1, -0.05) is 26.7 Å². The lowest BCUT2D eigenvalue weighted by Crippen LogP contribution is -2.56. The number of piperidine rings is 2. The Morgan fingerprint density at radius 3 is 1.86 bits per heavy atom. The van der Waals surface area contributed by atoms with Gasteiger partial charge in [0.25, 0.3) is 0 Å². The Kier molecular flexibility index (Phi) is 7.01. The van der Waals surface area contributed by atoms with Crippen molar-refractivity contribution >= 4 is 11.8 Å². The smallest absolute Gasteiger partial charge is 0.244 e. The van der Waals surface area contributed by atoms with Crippen LogP contribution in [0.4, 0.5) is 0 Å². The van der Waals surface area contributed by atoms with Crippen LogP contribution in [0.25, 0.3) is 0 Å². The number of hydrogen-bond acceptors (Lipinski definition) is 5. The van der Waals surface area contributed by atoms with Crippen molar-refractivity contribution in [2.75, 3.05) is 13.1 Å². The third kappa shape index (κ3) is 4.05. The Morgan fingerprint density at radius 2 is 1.59 bits per heavy atom. The summed E-state index contributed by atoms with van der Waals surface area (Å²) in [6.45, 7) is 6.06. The van der Waals surface area contributed by atoms with Crippen LogP contribution in [0.1, 0.15) is 46.0 Å². The van der Waals surface area contributed by atoms with Crippen LogP contribution >= 0.6 is 0 Å². The van der Waals surface area contributed by atoms with Gasteiger partial charge in [0.1, 0.15) is 11.8 Å². The van der Waals surface area contributed by atoms with Gasteiger partial charge in [-0.2, -0.15) is 10.5 Å². The number of nitrogens with one attached hydrogen (secondary N) is 2. The second kappa shape index (κ2) is 8.51. The predicted octanol–water partition coefficient (Wildman–Crippen LogP) is 1.49. The maximum atomic E-state index is 11.5. The molecule has 2 aliphatic heterocycles. The van der Waals surface area contributed by atoms with Crippen molar-refractivity contribution in [2.45, 2.75) is 46.0 Å². The molecule has 2 heterocycles. The van der Waals surface area contributed by atoms with Gasteiger partial charge in [0, 0.05) is 5.41 Å². The van der Waals surface area contributed by atoms with Crippen LogP contribution in [0, 0.1) is 39.9 Å². The predicted molar refractivity (Wildman–Crippen MR) is 81.1 cm³/mol. The number of nitriles is 2. The van der Waals surface area contributed by atoms with E-state index in [-0.39, 0.29) is 0 Å². The molecule has 0 aromatic carbocycles. The van der Waals surface area contributed by atoms with Crippen molar-refractivity contribution in [3.05, 3.63) is 0 Å². The van der Waals surface area contributed by atoms with Crippen LogP contribution in [0.15, 0.2) is 0 Å². The van der Waals surface area contributed by atoms with Gasteiger partial charge in [0.05, 0.1) is 12.1 Å². The molecule has 2 rings (SSSR count). The molecule has 2 N–H and O–H groups in total. The molecule has 2 atom stereocenters. The van der Waals surface area contributed by atoms with E-state index in [9.17, 15) is 9.59 Å². The minimum absolute atomic E-state index is 0.503. The number of hydrogen-bond donors (Lipinski definition) is 2. The first kappa shape index (κ1) is 18.1. The molecule has 6 heteroatoms. The molecule has 2 unspecified atom stereocenters. The molecule has 22 heavy (non-hydrogen) atoms. The molecule has 0 saturated carbocycles. The molecule has 120 valence electrons. The third-order valence-corrected chi connectivity index (χ3v) is 4.34. The van der Waals surface area contributed by atoms with E-state index in [0.29, 0.717) is 12.8 Å². The van der Waals surface area contributed by atoms with E-state index in [4.69, 9.17) is 10.5 Å². The first-order chi connectivity index (χ1) is 10.5. The molecule has 2 fully saturated rings. The quantitative estimate of drug-likeness (QED) is 0.752. The number of amides is 2. The van der Waals surface area contributed by atoms with E-state index >= 15 is 0 Å². The van der Waals surface area contributed by atoms with Crippen LogP contribution in [0.2, 0.25) is 0 Å². The Bertz CT molecular complexity index is 442. The summed E-state index contributed by atoms with van der Waals surface area (Å²) < 4.78 is 0. The molecule has 2 aliphatic rings. The molecule has 0 aliphatic carbocycles. The lowest BCUT2D eigenvalue weighted by atomic mass is 9.63. The second-order valence-electron chi connectivity index (χ2n) is 6.04. The number of carbonyl (C=O) groups is 2. The lowest BCUT2D eigenvalue weighted by Gasteiger charge is -2.39. The zero-order valence-corrected chi connectivity index (χ0v) is 13.3. The normalized spacial score (nSPS) is 31.1. The van der Waals surface area contributed by atoms with Gasteiger partial charge in [-0.15, -0.1) is 0 Å². The van der Waals surface area contributed by atoms with Crippen LogP contribution in [-0.2, 0) is 9.59 Å². The van der Waals surface area contributed by atoms with Crippen molar-refractivity contribution in [3.8, 4) is 12.1 Å².